The number of methoxy groups -OCH3 is 1. The van der Waals surface area contributed by atoms with Crippen LogP contribution >= 0.6 is 11.6 Å². The number of ether oxygens (including phenoxy) is 1. The van der Waals surface area contributed by atoms with Crippen molar-refractivity contribution in [2.45, 2.75) is 13.3 Å². The summed E-state index contributed by atoms with van der Waals surface area (Å²) < 4.78 is 5.12. The van der Waals surface area contributed by atoms with Gasteiger partial charge in [-0.1, -0.05) is 29.8 Å². The topological polar surface area (TPSA) is 50.4 Å². The second-order valence-corrected chi connectivity index (χ2v) is 5.69. The maximum Gasteiger partial charge on any atom is 0.238 e. The summed E-state index contributed by atoms with van der Waals surface area (Å²) in [7, 11) is 1.65. The molecule has 5 heteroatoms. The van der Waals surface area contributed by atoms with Crippen molar-refractivity contribution in [2.75, 3.05) is 25.5 Å². The Morgan fingerprint density at radius 1 is 1.17 bits per heavy atom. The van der Waals surface area contributed by atoms with E-state index in [2.05, 4.69) is 10.6 Å². The van der Waals surface area contributed by atoms with Gasteiger partial charge in [-0.3, -0.25) is 4.79 Å². The van der Waals surface area contributed by atoms with E-state index in [1.807, 2.05) is 43.3 Å². The van der Waals surface area contributed by atoms with Crippen LogP contribution in [0.4, 0.5) is 5.69 Å². The summed E-state index contributed by atoms with van der Waals surface area (Å²) >= 11 is 6.04. The average molecular weight is 333 g/mol. The molecule has 0 unspecified atom stereocenters. The third-order valence-corrected chi connectivity index (χ3v) is 3.90. The van der Waals surface area contributed by atoms with Crippen molar-refractivity contribution in [2.24, 2.45) is 0 Å². The fourth-order valence-electron chi connectivity index (χ4n) is 2.10. The molecule has 0 aliphatic heterocycles. The van der Waals surface area contributed by atoms with Crippen molar-refractivity contribution in [3.63, 3.8) is 0 Å². The van der Waals surface area contributed by atoms with Gasteiger partial charge in [-0.15, -0.1) is 0 Å². The van der Waals surface area contributed by atoms with Crippen LogP contribution in [0.3, 0.4) is 0 Å². The van der Waals surface area contributed by atoms with Crippen LogP contribution in [0.25, 0.3) is 0 Å². The lowest BCUT2D eigenvalue weighted by Crippen LogP contribution is -2.29. The van der Waals surface area contributed by atoms with E-state index in [0.717, 1.165) is 24.3 Å². The number of halogens is 1. The van der Waals surface area contributed by atoms with E-state index in [4.69, 9.17) is 16.3 Å². The predicted molar refractivity (Wildman–Crippen MR) is 94.4 cm³/mol. The molecule has 122 valence electrons. The SMILES string of the molecule is COc1ccc(CCNCC(=O)Nc2ccc(C)c(Cl)c2)cc1. The molecule has 23 heavy (non-hydrogen) atoms. The van der Waals surface area contributed by atoms with Crippen LogP contribution in [0.2, 0.25) is 5.02 Å². The van der Waals surface area contributed by atoms with E-state index < -0.39 is 0 Å². The van der Waals surface area contributed by atoms with Crippen LogP contribution in [0.5, 0.6) is 5.75 Å². The van der Waals surface area contributed by atoms with Gasteiger partial charge in [0.2, 0.25) is 5.91 Å². The highest BCUT2D eigenvalue weighted by Gasteiger charge is 2.03. The Balaban J connectivity index is 1.70. The molecule has 0 heterocycles. The number of carbonyl (C=O) groups is 1. The van der Waals surface area contributed by atoms with E-state index in [1.54, 1.807) is 13.2 Å². The molecular formula is C18H21ClN2O2. The van der Waals surface area contributed by atoms with E-state index in [9.17, 15) is 4.79 Å². The highest BCUT2D eigenvalue weighted by molar-refractivity contribution is 6.31. The molecule has 0 saturated heterocycles. The monoisotopic (exact) mass is 332 g/mol. The van der Waals surface area contributed by atoms with E-state index >= 15 is 0 Å². The zero-order valence-corrected chi connectivity index (χ0v) is 14.1. The first-order valence-corrected chi connectivity index (χ1v) is 7.86. The van der Waals surface area contributed by atoms with Gasteiger partial charge in [0.05, 0.1) is 13.7 Å². The maximum absolute atomic E-state index is 11.9. The van der Waals surface area contributed by atoms with E-state index in [1.165, 1.54) is 5.56 Å². The van der Waals surface area contributed by atoms with Crippen LogP contribution in [-0.2, 0) is 11.2 Å². The first-order chi connectivity index (χ1) is 11.1. The summed E-state index contributed by atoms with van der Waals surface area (Å²) in [5.74, 6) is 0.762. The molecule has 0 aliphatic carbocycles. The number of nitrogens with one attached hydrogen (secondary N) is 2. The van der Waals surface area contributed by atoms with Gasteiger partial charge < -0.3 is 15.4 Å². The molecule has 0 atom stereocenters. The predicted octanol–water partition coefficient (Wildman–Crippen LogP) is 3.43. The fraction of sp³-hybridized carbons (Fsp3) is 0.278. The molecule has 0 spiro atoms. The zero-order chi connectivity index (χ0) is 16.7. The Kier molecular flexibility index (Phi) is 6.44. The molecule has 0 aromatic heterocycles. The van der Waals surface area contributed by atoms with Crippen molar-refractivity contribution in [1.82, 2.24) is 5.32 Å². The van der Waals surface area contributed by atoms with Crippen molar-refractivity contribution in [3.05, 3.63) is 58.6 Å². The molecule has 2 N–H and O–H groups in total. The summed E-state index contributed by atoms with van der Waals surface area (Å²) in [6.07, 6.45) is 0.855. The van der Waals surface area contributed by atoms with Crippen LogP contribution < -0.4 is 15.4 Å². The lowest BCUT2D eigenvalue weighted by molar-refractivity contribution is -0.115. The highest BCUT2D eigenvalue weighted by atomic mass is 35.5. The van der Waals surface area contributed by atoms with Crippen LogP contribution in [-0.4, -0.2) is 26.1 Å². The lowest BCUT2D eigenvalue weighted by atomic mass is 10.1. The molecular weight excluding hydrogens is 312 g/mol. The molecule has 0 fully saturated rings. The Bertz CT molecular complexity index is 657. The standard InChI is InChI=1S/C18H21ClN2O2/c1-13-3-6-15(11-17(13)19)21-18(22)12-20-10-9-14-4-7-16(23-2)8-5-14/h3-8,11,20H,9-10,12H2,1-2H3,(H,21,22). The van der Waals surface area contributed by atoms with Crippen LogP contribution in [0.1, 0.15) is 11.1 Å². The number of rotatable bonds is 7. The van der Waals surface area contributed by atoms with Crippen LogP contribution in [0, 0.1) is 6.92 Å². The molecule has 4 nitrogen and oxygen atoms in total. The summed E-state index contributed by atoms with van der Waals surface area (Å²) in [5.41, 5.74) is 2.90. The smallest absolute Gasteiger partial charge is 0.238 e. The Labute approximate surface area is 141 Å². The number of carbonyl (C=O) groups excluding carboxylic acids is 1. The molecule has 1 amide bonds. The summed E-state index contributed by atoms with van der Waals surface area (Å²) in [6, 6.07) is 13.4. The Hall–Kier alpha value is -2.04. The maximum atomic E-state index is 11.9. The average Bonchev–Trinajstić information content (AvgIpc) is 2.55. The molecule has 2 aromatic carbocycles. The van der Waals surface area contributed by atoms with Gasteiger partial charge in [-0.05, 0) is 55.3 Å². The number of hydrogen-bond donors (Lipinski definition) is 2. The molecule has 2 aromatic rings. The minimum absolute atomic E-state index is 0.0837. The summed E-state index contributed by atoms with van der Waals surface area (Å²) in [4.78, 5) is 11.9. The Morgan fingerprint density at radius 3 is 2.57 bits per heavy atom. The van der Waals surface area contributed by atoms with Gasteiger partial charge in [-0.2, -0.15) is 0 Å². The minimum atomic E-state index is -0.0837. The van der Waals surface area contributed by atoms with E-state index in [-0.39, 0.29) is 12.5 Å². The largest absolute Gasteiger partial charge is 0.497 e. The molecule has 0 radical (unpaired) electrons. The van der Waals surface area contributed by atoms with Gasteiger partial charge in [-0.25, -0.2) is 0 Å². The van der Waals surface area contributed by atoms with Gasteiger partial charge in [0.1, 0.15) is 5.75 Å². The first-order valence-electron chi connectivity index (χ1n) is 7.48. The Morgan fingerprint density at radius 2 is 1.91 bits per heavy atom. The minimum Gasteiger partial charge on any atom is -0.497 e. The van der Waals surface area contributed by atoms with Crippen molar-refractivity contribution in [3.8, 4) is 5.75 Å². The van der Waals surface area contributed by atoms with Gasteiger partial charge in [0, 0.05) is 10.7 Å². The lowest BCUT2D eigenvalue weighted by Gasteiger charge is -2.08. The molecule has 2 rings (SSSR count). The third kappa shape index (κ3) is 5.58. The van der Waals surface area contributed by atoms with Gasteiger partial charge in [0.25, 0.3) is 0 Å². The number of anilines is 1. The fourth-order valence-corrected chi connectivity index (χ4v) is 2.28. The number of benzene rings is 2. The number of hydrogen-bond acceptors (Lipinski definition) is 3. The number of amides is 1. The van der Waals surface area contributed by atoms with E-state index in [0.29, 0.717) is 10.7 Å². The number of aryl methyl sites for hydroxylation is 1. The third-order valence-electron chi connectivity index (χ3n) is 3.49. The van der Waals surface area contributed by atoms with Gasteiger partial charge in [0.15, 0.2) is 0 Å². The zero-order valence-electron chi connectivity index (χ0n) is 13.4. The molecule has 0 saturated carbocycles. The molecule has 0 bridgehead atoms. The summed E-state index contributed by atoms with van der Waals surface area (Å²) in [6.45, 7) is 2.92. The summed E-state index contributed by atoms with van der Waals surface area (Å²) in [5, 5.41) is 6.60. The first kappa shape index (κ1) is 17.3. The second-order valence-electron chi connectivity index (χ2n) is 5.29. The van der Waals surface area contributed by atoms with Crippen molar-refractivity contribution < 1.29 is 9.53 Å². The molecule has 0 aliphatic rings. The second kappa shape index (κ2) is 8.56. The normalized spacial score (nSPS) is 10.4. The quantitative estimate of drug-likeness (QED) is 0.764. The van der Waals surface area contributed by atoms with Crippen LogP contribution in [0.15, 0.2) is 42.5 Å². The van der Waals surface area contributed by atoms with Crippen molar-refractivity contribution in [1.29, 1.82) is 0 Å². The highest BCUT2D eigenvalue weighted by Crippen LogP contribution is 2.19. The van der Waals surface area contributed by atoms with Crippen molar-refractivity contribution >= 4 is 23.2 Å². The van der Waals surface area contributed by atoms with Gasteiger partial charge >= 0.3 is 0 Å².